The van der Waals surface area contributed by atoms with Crippen LogP contribution >= 0.6 is 15.9 Å². The summed E-state index contributed by atoms with van der Waals surface area (Å²) in [7, 11) is 0. The highest BCUT2D eigenvalue weighted by atomic mass is 79.9. The average molecular weight is 228 g/mol. The summed E-state index contributed by atoms with van der Waals surface area (Å²) in [4.78, 5) is 3.98. The molecule has 0 aromatic carbocycles. The summed E-state index contributed by atoms with van der Waals surface area (Å²) in [6.07, 6.45) is 6.64. The third kappa shape index (κ3) is 1.55. The molecule has 2 aromatic heterocycles. The van der Waals surface area contributed by atoms with Crippen LogP contribution in [-0.4, -0.2) is 14.8 Å². The van der Waals surface area contributed by atoms with Crippen LogP contribution in [0.25, 0.3) is 0 Å². The van der Waals surface area contributed by atoms with Gasteiger partial charge in [0.1, 0.15) is 12.0 Å². The maximum atomic E-state index is 4.83. The molecule has 0 saturated carbocycles. The van der Waals surface area contributed by atoms with Crippen LogP contribution in [0.2, 0.25) is 0 Å². The fourth-order valence-corrected chi connectivity index (χ4v) is 1.23. The first-order valence-electron chi connectivity index (χ1n) is 3.39. The first kappa shape index (κ1) is 7.54. The summed E-state index contributed by atoms with van der Waals surface area (Å²) in [5, 5.41) is 4.08. The van der Waals surface area contributed by atoms with Crippen molar-refractivity contribution in [1.29, 1.82) is 0 Å². The van der Waals surface area contributed by atoms with Gasteiger partial charge in [-0.05, 0) is 15.9 Å². The quantitative estimate of drug-likeness (QED) is 0.785. The van der Waals surface area contributed by atoms with Gasteiger partial charge in [0.15, 0.2) is 6.39 Å². The Balaban J connectivity index is 2.14. The molecule has 2 aromatic rings. The van der Waals surface area contributed by atoms with Crippen LogP contribution in [0.1, 0.15) is 5.69 Å². The predicted molar refractivity (Wildman–Crippen MR) is 45.5 cm³/mol. The number of hydrogen-bond donors (Lipinski definition) is 0. The smallest absolute Gasteiger partial charge is 0.180 e. The van der Waals surface area contributed by atoms with Crippen LogP contribution in [-0.2, 0) is 6.54 Å². The van der Waals surface area contributed by atoms with Crippen molar-refractivity contribution in [1.82, 2.24) is 14.8 Å². The van der Waals surface area contributed by atoms with Gasteiger partial charge >= 0.3 is 0 Å². The predicted octanol–water partition coefficient (Wildman–Crippen LogP) is 1.68. The molecule has 0 aliphatic carbocycles. The van der Waals surface area contributed by atoms with Crippen LogP contribution in [0.5, 0.6) is 0 Å². The number of nitrogens with zero attached hydrogens (tertiary/aromatic N) is 3. The molecular formula is C7H6BrN3O. The monoisotopic (exact) mass is 227 g/mol. The van der Waals surface area contributed by atoms with E-state index in [4.69, 9.17) is 4.42 Å². The van der Waals surface area contributed by atoms with Crippen molar-refractivity contribution < 1.29 is 4.42 Å². The number of hydrogen-bond acceptors (Lipinski definition) is 3. The van der Waals surface area contributed by atoms with Crippen molar-refractivity contribution in [3.63, 3.8) is 0 Å². The second-order valence-electron chi connectivity index (χ2n) is 2.34. The van der Waals surface area contributed by atoms with E-state index in [-0.39, 0.29) is 0 Å². The Labute approximate surface area is 77.3 Å². The molecule has 0 radical (unpaired) electrons. The zero-order chi connectivity index (χ0) is 8.39. The third-order valence-corrected chi connectivity index (χ3v) is 1.82. The van der Waals surface area contributed by atoms with E-state index >= 15 is 0 Å². The van der Waals surface area contributed by atoms with Gasteiger partial charge < -0.3 is 4.42 Å². The van der Waals surface area contributed by atoms with E-state index in [9.17, 15) is 0 Å². The molecule has 0 aliphatic heterocycles. The lowest BCUT2D eigenvalue weighted by molar-refractivity contribution is 0.554. The molecule has 0 amide bonds. The SMILES string of the molecule is Brc1cnn(Cc2cocn2)c1. The maximum Gasteiger partial charge on any atom is 0.180 e. The van der Waals surface area contributed by atoms with Crippen molar-refractivity contribution in [3.05, 3.63) is 35.2 Å². The molecular weight excluding hydrogens is 222 g/mol. The fourth-order valence-electron chi connectivity index (χ4n) is 0.906. The van der Waals surface area contributed by atoms with E-state index in [1.165, 1.54) is 6.39 Å². The Hall–Kier alpha value is -1.10. The molecule has 4 nitrogen and oxygen atoms in total. The molecule has 0 fully saturated rings. The highest BCUT2D eigenvalue weighted by Crippen LogP contribution is 2.07. The number of aromatic nitrogens is 3. The minimum absolute atomic E-state index is 0.641. The van der Waals surface area contributed by atoms with Gasteiger partial charge in [-0.1, -0.05) is 0 Å². The molecule has 0 bridgehead atoms. The van der Waals surface area contributed by atoms with Gasteiger partial charge in [0.25, 0.3) is 0 Å². The second-order valence-corrected chi connectivity index (χ2v) is 3.25. The van der Waals surface area contributed by atoms with Crippen LogP contribution in [0.15, 0.2) is 33.9 Å². The van der Waals surface area contributed by atoms with Gasteiger partial charge in [-0.25, -0.2) is 4.98 Å². The van der Waals surface area contributed by atoms with Gasteiger partial charge in [-0.2, -0.15) is 5.10 Å². The van der Waals surface area contributed by atoms with Gasteiger partial charge in [0.2, 0.25) is 0 Å². The largest absolute Gasteiger partial charge is 0.451 e. The van der Waals surface area contributed by atoms with Gasteiger partial charge in [-0.3, -0.25) is 4.68 Å². The summed E-state index contributed by atoms with van der Waals surface area (Å²) in [5.74, 6) is 0. The molecule has 0 spiro atoms. The Kier molecular flexibility index (Phi) is 1.95. The summed E-state index contributed by atoms with van der Waals surface area (Å²) < 4.78 is 7.57. The van der Waals surface area contributed by atoms with Crippen molar-refractivity contribution in [2.45, 2.75) is 6.54 Å². The summed E-state index contributed by atoms with van der Waals surface area (Å²) >= 11 is 3.31. The van der Waals surface area contributed by atoms with E-state index in [0.717, 1.165) is 10.2 Å². The summed E-state index contributed by atoms with van der Waals surface area (Å²) in [6, 6.07) is 0. The molecule has 62 valence electrons. The topological polar surface area (TPSA) is 43.9 Å². The van der Waals surface area contributed by atoms with Crippen molar-refractivity contribution in [3.8, 4) is 0 Å². The molecule has 0 N–H and O–H groups in total. The lowest BCUT2D eigenvalue weighted by Crippen LogP contribution is -1.99. The molecule has 0 saturated heterocycles. The third-order valence-electron chi connectivity index (χ3n) is 1.41. The second kappa shape index (κ2) is 3.10. The Morgan fingerprint density at radius 1 is 1.58 bits per heavy atom. The average Bonchev–Trinajstić information content (AvgIpc) is 2.63. The fraction of sp³-hybridized carbons (Fsp3) is 0.143. The van der Waals surface area contributed by atoms with Crippen LogP contribution < -0.4 is 0 Å². The summed E-state index contributed by atoms with van der Waals surface area (Å²) in [6.45, 7) is 0.641. The van der Waals surface area contributed by atoms with Crippen LogP contribution in [0.4, 0.5) is 0 Å². The van der Waals surface area contributed by atoms with E-state index in [2.05, 4.69) is 26.0 Å². The first-order valence-corrected chi connectivity index (χ1v) is 4.19. The zero-order valence-electron chi connectivity index (χ0n) is 6.14. The van der Waals surface area contributed by atoms with Crippen molar-refractivity contribution in [2.24, 2.45) is 0 Å². The van der Waals surface area contributed by atoms with Gasteiger partial charge in [0.05, 0.1) is 17.2 Å². The normalized spacial score (nSPS) is 10.4. The van der Waals surface area contributed by atoms with E-state index in [1.807, 2.05) is 6.20 Å². The Morgan fingerprint density at radius 3 is 3.08 bits per heavy atom. The van der Waals surface area contributed by atoms with Gasteiger partial charge in [0, 0.05) is 6.20 Å². The van der Waals surface area contributed by atoms with Crippen molar-refractivity contribution >= 4 is 15.9 Å². The van der Waals surface area contributed by atoms with Crippen LogP contribution in [0.3, 0.4) is 0 Å². The highest BCUT2D eigenvalue weighted by Gasteiger charge is 1.98. The molecule has 5 heteroatoms. The number of rotatable bonds is 2. The lowest BCUT2D eigenvalue weighted by Gasteiger charge is -1.94. The molecule has 2 rings (SSSR count). The van der Waals surface area contributed by atoms with Crippen LogP contribution in [0, 0.1) is 0 Å². The molecule has 12 heavy (non-hydrogen) atoms. The van der Waals surface area contributed by atoms with Crippen molar-refractivity contribution in [2.75, 3.05) is 0 Å². The number of oxazole rings is 1. The maximum absolute atomic E-state index is 4.83. The van der Waals surface area contributed by atoms with E-state index < -0.39 is 0 Å². The standard InChI is InChI=1S/C7H6BrN3O/c8-6-1-10-11(2-6)3-7-4-12-5-9-7/h1-2,4-5H,3H2. The molecule has 2 heterocycles. The molecule has 0 unspecified atom stereocenters. The Bertz CT molecular complexity index is 354. The number of halogens is 1. The lowest BCUT2D eigenvalue weighted by atomic mass is 10.5. The Morgan fingerprint density at radius 2 is 2.50 bits per heavy atom. The minimum atomic E-state index is 0.641. The summed E-state index contributed by atoms with van der Waals surface area (Å²) in [5.41, 5.74) is 0.866. The molecule has 0 aliphatic rings. The molecule has 0 atom stereocenters. The van der Waals surface area contributed by atoms with E-state index in [0.29, 0.717) is 6.54 Å². The zero-order valence-corrected chi connectivity index (χ0v) is 7.73. The highest BCUT2D eigenvalue weighted by molar-refractivity contribution is 9.10. The van der Waals surface area contributed by atoms with Gasteiger partial charge in [-0.15, -0.1) is 0 Å². The first-order chi connectivity index (χ1) is 5.84. The van der Waals surface area contributed by atoms with E-state index in [1.54, 1.807) is 17.1 Å². The minimum Gasteiger partial charge on any atom is -0.451 e.